The van der Waals surface area contributed by atoms with E-state index in [2.05, 4.69) is 20.9 Å². The Morgan fingerprint density at radius 2 is 1.52 bits per heavy atom. The largest absolute Gasteiger partial charge is 0.315 e. The van der Waals surface area contributed by atoms with E-state index in [0.29, 0.717) is 0 Å². The maximum absolute atomic E-state index is 10.7. The number of non-ortho nitro benzene ring substituents is 1. The van der Waals surface area contributed by atoms with Gasteiger partial charge in [0, 0.05) is 44.9 Å². The summed E-state index contributed by atoms with van der Waals surface area (Å²) in [6, 6.07) is 6.93. The number of hydrogen-bond acceptors (Lipinski definition) is 6. The molecule has 0 atom stereocenters. The second-order valence-electron chi connectivity index (χ2n) is 6.47. The topological polar surface area (TPSA) is 82.5 Å². The van der Waals surface area contributed by atoms with Gasteiger partial charge in [-0.3, -0.25) is 10.1 Å². The molecule has 140 valence electrons. The summed E-state index contributed by atoms with van der Waals surface area (Å²) < 4.78 is 0. The van der Waals surface area contributed by atoms with E-state index in [4.69, 9.17) is 0 Å². The summed E-state index contributed by atoms with van der Waals surface area (Å²) in [5, 5.41) is 21.2. The summed E-state index contributed by atoms with van der Waals surface area (Å²) in [4.78, 5) is 12.9. The first kappa shape index (κ1) is 19.8. The van der Waals surface area contributed by atoms with Gasteiger partial charge in [-0.1, -0.05) is 12.1 Å². The molecule has 25 heavy (non-hydrogen) atoms. The Hall–Kier alpha value is -1.54. The molecular formula is C18H31N5O2. The van der Waals surface area contributed by atoms with Gasteiger partial charge in [-0.15, -0.1) is 0 Å². The van der Waals surface area contributed by atoms with Crippen molar-refractivity contribution in [3.05, 3.63) is 39.9 Å². The third kappa shape index (κ3) is 8.40. The summed E-state index contributed by atoms with van der Waals surface area (Å²) >= 11 is 0. The Labute approximate surface area is 150 Å². The first-order valence-corrected chi connectivity index (χ1v) is 9.33. The molecule has 7 heteroatoms. The Balaban J connectivity index is 1.78. The van der Waals surface area contributed by atoms with Crippen LogP contribution in [0, 0.1) is 10.1 Å². The highest BCUT2D eigenvalue weighted by molar-refractivity contribution is 5.32. The molecule has 1 aromatic carbocycles. The lowest BCUT2D eigenvalue weighted by molar-refractivity contribution is -0.384. The first-order valence-electron chi connectivity index (χ1n) is 9.33. The quantitative estimate of drug-likeness (QED) is 0.556. The average molecular weight is 349 g/mol. The highest BCUT2D eigenvalue weighted by Gasteiger charge is 2.08. The first-order chi connectivity index (χ1) is 12.3. The number of nitrogens with one attached hydrogen (secondary N) is 3. The molecule has 0 aliphatic carbocycles. The lowest BCUT2D eigenvalue weighted by Gasteiger charge is -2.23. The van der Waals surface area contributed by atoms with Crippen LogP contribution >= 0.6 is 0 Å². The van der Waals surface area contributed by atoms with Crippen molar-refractivity contribution in [3.63, 3.8) is 0 Å². The Morgan fingerprint density at radius 1 is 0.880 bits per heavy atom. The molecule has 1 saturated heterocycles. The average Bonchev–Trinajstić information content (AvgIpc) is 2.62. The Morgan fingerprint density at radius 3 is 2.20 bits per heavy atom. The minimum absolute atomic E-state index is 0.159. The predicted octanol–water partition coefficient (Wildman–Crippen LogP) is 1.00. The zero-order valence-electron chi connectivity index (χ0n) is 15.0. The van der Waals surface area contributed by atoms with Crippen LogP contribution in [-0.2, 0) is 6.42 Å². The van der Waals surface area contributed by atoms with Crippen LogP contribution in [0.2, 0.25) is 0 Å². The normalized spacial score (nSPS) is 19.2. The smallest absolute Gasteiger partial charge is 0.269 e. The molecular weight excluding hydrogens is 318 g/mol. The van der Waals surface area contributed by atoms with Crippen LogP contribution in [0.1, 0.15) is 18.4 Å². The predicted molar refractivity (Wildman–Crippen MR) is 101 cm³/mol. The number of nitrogens with zero attached hydrogens (tertiary/aromatic N) is 2. The molecule has 0 bridgehead atoms. The van der Waals surface area contributed by atoms with E-state index in [-0.39, 0.29) is 10.6 Å². The van der Waals surface area contributed by atoms with E-state index in [1.165, 1.54) is 0 Å². The van der Waals surface area contributed by atoms with E-state index in [1.807, 2.05) is 12.1 Å². The molecule has 1 heterocycles. The van der Waals surface area contributed by atoms with Crippen LogP contribution < -0.4 is 16.0 Å². The minimum atomic E-state index is -0.348. The van der Waals surface area contributed by atoms with Crippen LogP contribution in [0.25, 0.3) is 0 Å². The second kappa shape index (κ2) is 11.9. The SMILES string of the molecule is O=[N+]([O-])c1ccc(CCN2CCCNCCNCCCNCC2)cc1. The molecule has 1 aliphatic rings. The van der Waals surface area contributed by atoms with Gasteiger partial charge < -0.3 is 20.9 Å². The van der Waals surface area contributed by atoms with Crippen molar-refractivity contribution in [1.82, 2.24) is 20.9 Å². The number of rotatable bonds is 4. The van der Waals surface area contributed by atoms with Crippen molar-refractivity contribution in [2.24, 2.45) is 0 Å². The van der Waals surface area contributed by atoms with E-state index >= 15 is 0 Å². The van der Waals surface area contributed by atoms with Gasteiger partial charge in [-0.2, -0.15) is 0 Å². The fourth-order valence-electron chi connectivity index (χ4n) is 2.96. The fraction of sp³-hybridized carbons (Fsp3) is 0.667. The third-order valence-electron chi connectivity index (χ3n) is 4.48. The molecule has 0 amide bonds. The molecule has 7 nitrogen and oxygen atoms in total. The summed E-state index contributed by atoms with van der Waals surface area (Å²) in [5.41, 5.74) is 1.31. The summed E-state index contributed by atoms with van der Waals surface area (Å²) in [6.07, 6.45) is 3.22. The van der Waals surface area contributed by atoms with Gasteiger partial charge in [-0.25, -0.2) is 0 Å². The number of nitro benzene ring substituents is 1. The molecule has 1 fully saturated rings. The highest BCUT2D eigenvalue weighted by atomic mass is 16.6. The van der Waals surface area contributed by atoms with Gasteiger partial charge in [-0.05, 0) is 51.0 Å². The van der Waals surface area contributed by atoms with Gasteiger partial charge in [0.15, 0.2) is 0 Å². The molecule has 0 radical (unpaired) electrons. The molecule has 2 rings (SSSR count). The minimum Gasteiger partial charge on any atom is -0.315 e. The number of nitro groups is 1. The van der Waals surface area contributed by atoms with Crippen molar-refractivity contribution < 1.29 is 4.92 Å². The molecule has 3 N–H and O–H groups in total. The summed E-state index contributed by atoms with van der Waals surface area (Å²) in [7, 11) is 0. The van der Waals surface area contributed by atoms with Crippen LogP contribution in [0.4, 0.5) is 5.69 Å². The van der Waals surface area contributed by atoms with Crippen LogP contribution in [0.15, 0.2) is 24.3 Å². The van der Waals surface area contributed by atoms with Gasteiger partial charge in [0.1, 0.15) is 0 Å². The van der Waals surface area contributed by atoms with Crippen LogP contribution in [0.3, 0.4) is 0 Å². The highest BCUT2D eigenvalue weighted by Crippen LogP contribution is 2.12. The van der Waals surface area contributed by atoms with E-state index in [0.717, 1.165) is 83.7 Å². The lowest BCUT2D eigenvalue weighted by Crippen LogP contribution is -2.37. The maximum Gasteiger partial charge on any atom is 0.269 e. The van der Waals surface area contributed by atoms with E-state index in [1.54, 1.807) is 12.1 Å². The molecule has 0 unspecified atom stereocenters. The second-order valence-corrected chi connectivity index (χ2v) is 6.47. The van der Waals surface area contributed by atoms with E-state index in [9.17, 15) is 10.1 Å². The molecule has 0 aromatic heterocycles. The lowest BCUT2D eigenvalue weighted by atomic mass is 10.1. The van der Waals surface area contributed by atoms with E-state index < -0.39 is 0 Å². The number of hydrogen-bond donors (Lipinski definition) is 3. The monoisotopic (exact) mass is 349 g/mol. The summed E-state index contributed by atoms with van der Waals surface area (Å²) in [6.45, 7) is 9.34. The Kier molecular flexibility index (Phi) is 9.43. The fourth-order valence-corrected chi connectivity index (χ4v) is 2.96. The molecule has 1 aromatic rings. The zero-order chi connectivity index (χ0) is 17.7. The third-order valence-corrected chi connectivity index (χ3v) is 4.48. The van der Waals surface area contributed by atoms with Gasteiger partial charge >= 0.3 is 0 Å². The maximum atomic E-state index is 10.7. The standard InChI is InChI=1S/C18H31N5O2/c24-23(25)18-5-3-17(4-6-18)7-15-22-14-2-10-20-12-11-19-8-1-9-21-13-16-22/h3-6,19-21H,1-2,7-16H2. The summed E-state index contributed by atoms with van der Waals surface area (Å²) in [5.74, 6) is 0. The van der Waals surface area contributed by atoms with Crippen molar-refractivity contribution in [2.75, 3.05) is 58.9 Å². The Bertz CT molecular complexity index is 481. The zero-order valence-corrected chi connectivity index (χ0v) is 15.0. The number of benzene rings is 1. The van der Waals surface area contributed by atoms with Crippen LogP contribution in [-0.4, -0.2) is 68.7 Å². The molecule has 1 aliphatic heterocycles. The molecule has 0 spiro atoms. The van der Waals surface area contributed by atoms with Crippen molar-refractivity contribution >= 4 is 5.69 Å². The van der Waals surface area contributed by atoms with Crippen molar-refractivity contribution in [1.29, 1.82) is 0 Å². The van der Waals surface area contributed by atoms with Gasteiger partial charge in [0.05, 0.1) is 4.92 Å². The van der Waals surface area contributed by atoms with Gasteiger partial charge in [0.25, 0.3) is 5.69 Å². The van der Waals surface area contributed by atoms with Crippen molar-refractivity contribution in [3.8, 4) is 0 Å². The van der Waals surface area contributed by atoms with Crippen LogP contribution in [0.5, 0.6) is 0 Å². The van der Waals surface area contributed by atoms with Gasteiger partial charge in [0.2, 0.25) is 0 Å². The molecule has 0 saturated carbocycles. The van der Waals surface area contributed by atoms with Crippen molar-refractivity contribution in [2.45, 2.75) is 19.3 Å².